The second-order valence-electron chi connectivity index (χ2n) is 10.5. The third-order valence-corrected chi connectivity index (χ3v) is 7.73. The molecule has 3 N–H and O–H groups in total. The maximum absolute atomic E-state index is 14.2. The first-order chi connectivity index (χ1) is 19.6. The van der Waals surface area contributed by atoms with Crippen molar-refractivity contribution in [3.05, 3.63) is 105 Å². The highest BCUT2D eigenvalue weighted by Gasteiger charge is 2.27. The first kappa shape index (κ1) is 27.9. The van der Waals surface area contributed by atoms with Gasteiger partial charge in [0.1, 0.15) is 23.2 Å². The molecule has 2 unspecified atom stereocenters. The molecule has 3 aromatic carbocycles. The van der Waals surface area contributed by atoms with Crippen molar-refractivity contribution >= 4 is 16.6 Å². The number of anilines is 1. The quantitative estimate of drug-likeness (QED) is 0.225. The van der Waals surface area contributed by atoms with Crippen LogP contribution in [0, 0.1) is 31.4 Å². The van der Waals surface area contributed by atoms with Crippen LogP contribution >= 0.6 is 0 Å². The first-order valence-electron chi connectivity index (χ1n) is 13.5. The Morgan fingerprint density at radius 2 is 1.71 bits per heavy atom. The van der Waals surface area contributed by atoms with Gasteiger partial charge in [0.2, 0.25) is 0 Å². The summed E-state index contributed by atoms with van der Waals surface area (Å²) in [5.74, 6) is -1.36. The molecule has 0 fully saturated rings. The minimum atomic E-state index is -0.672. The molecule has 2 atom stereocenters. The van der Waals surface area contributed by atoms with Gasteiger partial charge in [0.05, 0.1) is 33.7 Å². The number of nitrogens with two attached hydrogens (primary N) is 1. The van der Waals surface area contributed by atoms with Crippen LogP contribution < -0.4 is 11.3 Å². The van der Waals surface area contributed by atoms with Gasteiger partial charge in [-0.3, -0.25) is 9.36 Å². The molecule has 41 heavy (non-hydrogen) atoms. The van der Waals surface area contributed by atoms with Crippen LogP contribution in [-0.4, -0.2) is 24.9 Å². The van der Waals surface area contributed by atoms with E-state index in [1.54, 1.807) is 31.2 Å². The summed E-state index contributed by atoms with van der Waals surface area (Å²) < 4.78 is 29.8. The van der Waals surface area contributed by atoms with E-state index in [-0.39, 0.29) is 29.3 Å². The molecular weight excluding hydrogens is 524 g/mol. The van der Waals surface area contributed by atoms with Crippen LogP contribution in [0.25, 0.3) is 27.8 Å². The normalized spacial score (nSPS) is 12.9. The molecule has 2 aromatic heterocycles. The fourth-order valence-electron chi connectivity index (χ4n) is 5.11. The average molecular weight is 556 g/mol. The molecule has 2 heterocycles. The zero-order valence-electron chi connectivity index (χ0n) is 23.3. The number of rotatable bonds is 7. The number of hydrogen-bond acceptors (Lipinski definition) is 6. The summed E-state index contributed by atoms with van der Waals surface area (Å²) in [6.45, 7) is 7.55. The van der Waals surface area contributed by atoms with E-state index in [4.69, 9.17) is 10.7 Å². The Bertz CT molecular complexity index is 1800. The zero-order chi connectivity index (χ0) is 29.4. The number of aryl methyl sites for hydroxylation is 1. The van der Waals surface area contributed by atoms with Gasteiger partial charge in [-0.15, -0.1) is 0 Å². The van der Waals surface area contributed by atoms with E-state index in [1.165, 1.54) is 22.8 Å². The third-order valence-electron chi connectivity index (χ3n) is 7.73. The van der Waals surface area contributed by atoms with Gasteiger partial charge in [0, 0.05) is 23.1 Å². The Kier molecular flexibility index (Phi) is 7.53. The largest absolute Gasteiger partial charge is 0.508 e. The van der Waals surface area contributed by atoms with E-state index >= 15 is 0 Å². The van der Waals surface area contributed by atoms with Gasteiger partial charge in [-0.05, 0) is 80.3 Å². The maximum Gasteiger partial charge on any atom is 0.266 e. The molecule has 0 aliphatic rings. The van der Waals surface area contributed by atoms with E-state index < -0.39 is 17.6 Å². The summed E-state index contributed by atoms with van der Waals surface area (Å²) in [5.41, 5.74) is 10.2. The summed E-state index contributed by atoms with van der Waals surface area (Å²) >= 11 is 0. The van der Waals surface area contributed by atoms with Gasteiger partial charge in [0.25, 0.3) is 5.56 Å². The van der Waals surface area contributed by atoms with Crippen molar-refractivity contribution < 1.29 is 13.9 Å². The van der Waals surface area contributed by atoms with E-state index in [0.717, 1.165) is 23.7 Å². The number of halogens is 2. The molecule has 0 spiro atoms. The SMILES string of the molecule is CCC(C)C(Cc1cc(F)cc(F)c1)c1nc2cc(-c3ccc(C)nn3)ccc2c(=O)n1-c1ccc(O)c(C)c1N. The van der Waals surface area contributed by atoms with Gasteiger partial charge in [-0.2, -0.15) is 10.2 Å². The fourth-order valence-corrected chi connectivity index (χ4v) is 5.11. The van der Waals surface area contributed by atoms with Crippen LogP contribution in [0.4, 0.5) is 14.5 Å². The maximum atomic E-state index is 14.2. The second kappa shape index (κ2) is 11.1. The molecule has 5 rings (SSSR count). The number of hydrogen-bond donors (Lipinski definition) is 2. The lowest BCUT2D eigenvalue weighted by atomic mass is 9.85. The van der Waals surface area contributed by atoms with Crippen LogP contribution in [0.3, 0.4) is 0 Å². The van der Waals surface area contributed by atoms with Crippen LogP contribution in [0.15, 0.2) is 65.5 Å². The lowest BCUT2D eigenvalue weighted by Gasteiger charge is -2.27. The molecule has 0 radical (unpaired) electrons. The topological polar surface area (TPSA) is 107 Å². The molecule has 0 saturated carbocycles. The van der Waals surface area contributed by atoms with Crippen LogP contribution in [0.5, 0.6) is 5.75 Å². The highest BCUT2D eigenvalue weighted by Crippen LogP contribution is 2.35. The molecule has 9 heteroatoms. The Hall–Kier alpha value is -4.66. The predicted octanol–water partition coefficient (Wildman–Crippen LogP) is 6.40. The molecule has 0 aliphatic heterocycles. The van der Waals surface area contributed by atoms with Gasteiger partial charge in [-0.1, -0.05) is 26.3 Å². The minimum absolute atomic E-state index is 0.00663. The van der Waals surface area contributed by atoms with Crippen LogP contribution in [0.2, 0.25) is 0 Å². The second-order valence-corrected chi connectivity index (χ2v) is 10.5. The number of phenolic OH excluding ortho intramolecular Hbond substituents is 1. The molecule has 210 valence electrons. The number of phenols is 1. The molecule has 5 aromatic rings. The van der Waals surface area contributed by atoms with Gasteiger partial charge in [-0.25, -0.2) is 13.8 Å². The summed E-state index contributed by atoms with van der Waals surface area (Å²) in [5, 5.41) is 19.0. The lowest BCUT2D eigenvalue weighted by molar-refractivity contribution is 0.417. The van der Waals surface area contributed by atoms with Crippen molar-refractivity contribution in [1.29, 1.82) is 0 Å². The molecular formula is C32H31F2N5O2. The van der Waals surface area contributed by atoms with Gasteiger partial charge >= 0.3 is 0 Å². The Labute approximate surface area is 236 Å². The van der Waals surface area contributed by atoms with Crippen molar-refractivity contribution in [2.24, 2.45) is 5.92 Å². The number of aromatic hydroxyl groups is 1. The zero-order valence-corrected chi connectivity index (χ0v) is 23.3. The number of aromatic nitrogens is 4. The Morgan fingerprint density at radius 1 is 0.976 bits per heavy atom. The summed E-state index contributed by atoms with van der Waals surface area (Å²) in [7, 11) is 0. The van der Waals surface area contributed by atoms with E-state index in [2.05, 4.69) is 10.2 Å². The molecule has 0 saturated heterocycles. The Morgan fingerprint density at radius 3 is 2.37 bits per heavy atom. The van der Waals surface area contributed by atoms with E-state index in [0.29, 0.717) is 39.2 Å². The summed E-state index contributed by atoms with van der Waals surface area (Å²) in [6.07, 6.45) is 0.960. The smallest absolute Gasteiger partial charge is 0.266 e. The average Bonchev–Trinajstić information content (AvgIpc) is 2.94. The predicted molar refractivity (Wildman–Crippen MR) is 156 cm³/mol. The van der Waals surface area contributed by atoms with Crippen molar-refractivity contribution in [3.8, 4) is 22.7 Å². The van der Waals surface area contributed by atoms with Crippen molar-refractivity contribution in [2.75, 3.05) is 5.73 Å². The Balaban J connectivity index is 1.80. The molecule has 0 aliphatic carbocycles. The lowest BCUT2D eigenvalue weighted by Crippen LogP contribution is -2.29. The van der Waals surface area contributed by atoms with Gasteiger partial charge in [0.15, 0.2) is 0 Å². The summed E-state index contributed by atoms with van der Waals surface area (Å²) in [6, 6.07) is 15.5. The number of fused-ring (bicyclic) bond motifs is 1. The molecule has 0 amide bonds. The third kappa shape index (κ3) is 5.39. The highest BCUT2D eigenvalue weighted by atomic mass is 19.1. The highest BCUT2D eigenvalue weighted by molar-refractivity contribution is 5.83. The van der Waals surface area contributed by atoms with E-state index in [9.17, 15) is 18.7 Å². The van der Waals surface area contributed by atoms with Crippen molar-refractivity contribution in [1.82, 2.24) is 19.7 Å². The number of nitrogens with zero attached hydrogens (tertiary/aromatic N) is 4. The van der Waals surface area contributed by atoms with Crippen molar-refractivity contribution in [3.63, 3.8) is 0 Å². The monoisotopic (exact) mass is 555 g/mol. The first-order valence-corrected chi connectivity index (χ1v) is 13.5. The molecule has 0 bridgehead atoms. The fraction of sp³-hybridized carbons (Fsp3) is 0.250. The number of benzene rings is 3. The van der Waals surface area contributed by atoms with Gasteiger partial charge < -0.3 is 10.8 Å². The van der Waals surface area contributed by atoms with Crippen LogP contribution in [0.1, 0.15) is 48.8 Å². The molecule has 7 nitrogen and oxygen atoms in total. The van der Waals surface area contributed by atoms with Crippen molar-refractivity contribution in [2.45, 2.75) is 46.5 Å². The van der Waals surface area contributed by atoms with Crippen LogP contribution in [-0.2, 0) is 6.42 Å². The number of nitrogen functional groups attached to an aromatic ring is 1. The van der Waals surface area contributed by atoms with E-state index in [1.807, 2.05) is 32.9 Å². The standard InChI is InChI=1S/C32H31F2N5O2/c1-5-17(2)25(14-20-12-22(33)16-23(34)13-20)31-36-27-15-21(26-9-6-18(3)37-38-26)7-8-24(27)32(41)39(31)28-10-11-29(40)19(4)30(28)35/h6-13,15-17,25,40H,5,14,35H2,1-4H3. The summed E-state index contributed by atoms with van der Waals surface area (Å²) in [4.78, 5) is 19.3. The minimum Gasteiger partial charge on any atom is -0.508 e.